The van der Waals surface area contributed by atoms with Crippen molar-refractivity contribution in [1.29, 1.82) is 0 Å². The van der Waals surface area contributed by atoms with Gasteiger partial charge in [-0.2, -0.15) is 0 Å². The number of hydrogen-bond acceptors (Lipinski definition) is 13. The first-order chi connectivity index (χ1) is 19.4. The summed E-state index contributed by atoms with van der Waals surface area (Å²) < 4.78 is 39.3. The lowest BCUT2D eigenvalue weighted by Crippen LogP contribution is -2.25. The van der Waals surface area contributed by atoms with Gasteiger partial charge in [0.25, 0.3) is 10.2 Å². The van der Waals surface area contributed by atoms with Gasteiger partial charge in [0.05, 0.1) is 23.7 Å². The Morgan fingerprint density at radius 3 is 2.12 bits per heavy atom. The summed E-state index contributed by atoms with van der Waals surface area (Å²) in [4.78, 5) is 54.7. The Hall–Kier alpha value is -4.73. The van der Waals surface area contributed by atoms with Gasteiger partial charge < -0.3 is 23.9 Å². The van der Waals surface area contributed by atoms with Gasteiger partial charge in [0.2, 0.25) is 0 Å². The van der Waals surface area contributed by atoms with Gasteiger partial charge >= 0.3 is 12.1 Å². The van der Waals surface area contributed by atoms with Crippen LogP contribution in [-0.4, -0.2) is 69.5 Å². The predicted octanol–water partition coefficient (Wildman–Crippen LogP) is 3.28. The lowest BCUT2D eigenvalue weighted by atomic mass is 9.95. The monoisotopic (exact) mass is 596 g/mol. The third-order valence-corrected chi connectivity index (χ3v) is 6.43. The molecule has 222 valence electrons. The van der Waals surface area contributed by atoms with Crippen LogP contribution in [0.5, 0.6) is 0 Å². The second-order valence-electron chi connectivity index (χ2n) is 8.24. The van der Waals surface area contributed by atoms with Gasteiger partial charge in [0.15, 0.2) is 9.84 Å². The summed E-state index contributed by atoms with van der Waals surface area (Å²) in [5.41, 5.74) is 1.13. The van der Waals surface area contributed by atoms with Gasteiger partial charge in [-0.05, 0) is 43.0 Å². The first-order valence-electron chi connectivity index (χ1n) is 12.1. The highest BCUT2D eigenvalue weighted by Gasteiger charge is 2.23. The Labute approximate surface area is 234 Å². The average molecular weight is 597 g/mol. The maximum atomic E-state index is 13.0. The van der Waals surface area contributed by atoms with E-state index in [0.717, 1.165) is 6.26 Å². The molecule has 0 radical (unpaired) electrons. The number of nitrogens with zero attached hydrogens (tertiary/aromatic N) is 2. The molecule has 0 aliphatic rings. The molecule has 15 nitrogen and oxygen atoms in total. The molecule has 0 N–H and O–H groups in total. The van der Waals surface area contributed by atoms with E-state index < -0.39 is 51.5 Å². The Balaban J connectivity index is 2.23. The van der Waals surface area contributed by atoms with Crippen molar-refractivity contribution in [1.82, 2.24) is 0 Å². The number of benzene rings is 2. The van der Waals surface area contributed by atoms with Crippen molar-refractivity contribution in [2.24, 2.45) is 0 Å². The average Bonchev–Trinajstić information content (AvgIpc) is 2.91. The zero-order chi connectivity index (χ0) is 30.4. The standard InChI is InChI=1S/C25H28N2O13S/c1-3-36-24(28)23(19-8-5-4-6-9-19)22(18-11-13-21(14-12-18)41(2,34)35)17-38-25(29)37-15-7-10-20(40-27(32)33)16-39-26(30)31/h4-6,8-9,11-14,20H,3,7,10,15-17H2,1-2H3. The summed E-state index contributed by atoms with van der Waals surface area (Å²) in [6.07, 6.45) is -1.45. The van der Waals surface area contributed by atoms with E-state index >= 15 is 0 Å². The van der Waals surface area contributed by atoms with Gasteiger partial charge in [-0.3, -0.25) is 0 Å². The Morgan fingerprint density at radius 1 is 0.902 bits per heavy atom. The van der Waals surface area contributed by atoms with Gasteiger partial charge in [0, 0.05) is 11.8 Å². The van der Waals surface area contributed by atoms with Crippen LogP contribution in [0.4, 0.5) is 4.79 Å². The minimum Gasteiger partial charge on any atom is -0.462 e. The highest BCUT2D eigenvalue weighted by molar-refractivity contribution is 7.90. The molecule has 1 atom stereocenters. The minimum atomic E-state index is -3.50. The lowest BCUT2D eigenvalue weighted by Gasteiger charge is -2.16. The lowest BCUT2D eigenvalue weighted by molar-refractivity contribution is -0.790. The van der Waals surface area contributed by atoms with E-state index in [-0.39, 0.29) is 42.1 Å². The van der Waals surface area contributed by atoms with Crippen molar-refractivity contribution >= 4 is 33.1 Å². The van der Waals surface area contributed by atoms with Gasteiger partial charge in [-0.1, -0.05) is 42.5 Å². The van der Waals surface area contributed by atoms with E-state index in [1.165, 1.54) is 24.3 Å². The molecule has 0 fully saturated rings. The van der Waals surface area contributed by atoms with Crippen molar-refractivity contribution in [3.8, 4) is 0 Å². The third-order valence-electron chi connectivity index (χ3n) is 5.30. The SMILES string of the molecule is CCOC(=O)C(=C(COC(=O)OCCCC(CO[N+](=O)[O-])O[N+](=O)[O-])c1ccc(S(C)(=O)=O)cc1)c1ccccc1. The fourth-order valence-electron chi connectivity index (χ4n) is 3.50. The van der Waals surface area contributed by atoms with Crippen LogP contribution in [0.25, 0.3) is 11.1 Å². The Bertz CT molecular complexity index is 1340. The number of ether oxygens (including phenoxy) is 3. The van der Waals surface area contributed by atoms with E-state index in [0.29, 0.717) is 11.1 Å². The van der Waals surface area contributed by atoms with Crippen LogP contribution >= 0.6 is 0 Å². The molecule has 41 heavy (non-hydrogen) atoms. The molecule has 0 saturated heterocycles. The molecular formula is C25H28N2O13S. The number of esters is 1. The normalized spacial score (nSPS) is 12.3. The quantitative estimate of drug-likeness (QED) is 0.0683. The van der Waals surface area contributed by atoms with E-state index in [9.17, 15) is 38.2 Å². The van der Waals surface area contributed by atoms with Crippen LogP contribution < -0.4 is 0 Å². The van der Waals surface area contributed by atoms with E-state index in [1.807, 2.05) is 0 Å². The number of carbonyl (C=O) groups is 2. The Kier molecular flexibility index (Phi) is 12.5. The number of carbonyl (C=O) groups excluding carboxylic acids is 2. The van der Waals surface area contributed by atoms with Crippen molar-refractivity contribution in [3.05, 3.63) is 86.0 Å². The van der Waals surface area contributed by atoms with Crippen LogP contribution in [0.2, 0.25) is 0 Å². The van der Waals surface area contributed by atoms with Gasteiger partial charge in [0.1, 0.15) is 19.3 Å². The summed E-state index contributed by atoms with van der Waals surface area (Å²) in [5.74, 6) is -0.702. The van der Waals surface area contributed by atoms with Crippen molar-refractivity contribution in [2.45, 2.75) is 30.8 Å². The maximum absolute atomic E-state index is 13.0. The molecule has 1 unspecified atom stereocenters. The Morgan fingerprint density at radius 2 is 1.56 bits per heavy atom. The highest BCUT2D eigenvalue weighted by atomic mass is 32.2. The van der Waals surface area contributed by atoms with Crippen LogP contribution in [0.1, 0.15) is 30.9 Å². The van der Waals surface area contributed by atoms with E-state index in [1.54, 1.807) is 37.3 Å². The smallest absolute Gasteiger partial charge is 0.462 e. The first kappa shape index (κ1) is 32.5. The number of hydrogen-bond donors (Lipinski definition) is 0. The fraction of sp³-hybridized carbons (Fsp3) is 0.360. The van der Waals surface area contributed by atoms with Crippen molar-refractivity contribution < 1.29 is 52.1 Å². The van der Waals surface area contributed by atoms with Crippen LogP contribution in [-0.2, 0) is 38.5 Å². The molecule has 2 aromatic rings. The second kappa shape index (κ2) is 15.8. The predicted molar refractivity (Wildman–Crippen MR) is 141 cm³/mol. The second-order valence-corrected chi connectivity index (χ2v) is 10.3. The van der Waals surface area contributed by atoms with Crippen LogP contribution in [0.15, 0.2) is 59.5 Å². The molecule has 2 aromatic carbocycles. The fourth-order valence-corrected chi connectivity index (χ4v) is 4.13. The molecule has 0 saturated carbocycles. The molecule has 16 heteroatoms. The first-order valence-corrected chi connectivity index (χ1v) is 14.0. The van der Waals surface area contributed by atoms with Crippen molar-refractivity contribution in [3.63, 3.8) is 0 Å². The molecule has 0 bridgehead atoms. The van der Waals surface area contributed by atoms with E-state index in [2.05, 4.69) is 9.68 Å². The molecule has 2 rings (SSSR count). The van der Waals surface area contributed by atoms with Gasteiger partial charge in [-0.15, -0.1) is 20.2 Å². The summed E-state index contributed by atoms with van der Waals surface area (Å²) in [7, 11) is -3.50. The molecule has 0 aliphatic carbocycles. The summed E-state index contributed by atoms with van der Waals surface area (Å²) in [6, 6.07) is 14.1. The van der Waals surface area contributed by atoms with Crippen LogP contribution in [0, 0.1) is 20.2 Å². The third kappa shape index (κ3) is 11.1. The maximum Gasteiger partial charge on any atom is 0.508 e. The minimum absolute atomic E-state index is 0.0163. The molecule has 0 aromatic heterocycles. The summed E-state index contributed by atoms with van der Waals surface area (Å²) in [5, 5.41) is 18.7. The number of rotatable bonds is 16. The van der Waals surface area contributed by atoms with Crippen molar-refractivity contribution in [2.75, 3.05) is 32.7 Å². The topological polar surface area (TPSA) is 201 Å². The van der Waals surface area contributed by atoms with Crippen LogP contribution in [0.3, 0.4) is 0 Å². The van der Waals surface area contributed by atoms with E-state index in [4.69, 9.17) is 14.2 Å². The zero-order valence-corrected chi connectivity index (χ0v) is 22.9. The summed E-state index contributed by atoms with van der Waals surface area (Å²) >= 11 is 0. The molecule has 0 heterocycles. The van der Waals surface area contributed by atoms with Gasteiger partial charge in [-0.25, -0.2) is 18.0 Å². The summed E-state index contributed by atoms with van der Waals surface area (Å²) in [6.45, 7) is 0.247. The molecule has 0 aliphatic heterocycles. The molecular weight excluding hydrogens is 568 g/mol. The number of sulfone groups is 1. The highest BCUT2D eigenvalue weighted by Crippen LogP contribution is 2.29. The zero-order valence-electron chi connectivity index (χ0n) is 22.1. The largest absolute Gasteiger partial charge is 0.508 e. The molecule has 0 amide bonds. The molecule has 0 spiro atoms.